The highest BCUT2D eigenvalue weighted by Crippen LogP contribution is 2.36. The van der Waals surface area contributed by atoms with Gasteiger partial charge in [-0.05, 0) is 11.6 Å². The van der Waals surface area contributed by atoms with Crippen LogP contribution in [0.15, 0.2) is 22.1 Å². The summed E-state index contributed by atoms with van der Waals surface area (Å²) in [7, 11) is -3.67. The topological polar surface area (TPSA) is 156 Å². The highest BCUT2D eigenvalue weighted by Gasteiger charge is 2.26. The number of nitro benzene ring substituents is 1. The molecule has 1 aromatic carbocycles. The Morgan fingerprint density at radius 1 is 1.56 bits per heavy atom. The summed E-state index contributed by atoms with van der Waals surface area (Å²) in [4.78, 5) is 11.1. The molecule has 0 atom stereocenters. The van der Waals surface area contributed by atoms with E-state index in [1.807, 2.05) is 0 Å². The van der Waals surface area contributed by atoms with Crippen molar-refractivity contribution in [3.05, 3.63) is 32.7 Å². The molecular formula is C7H6N4O6S. The number of hydrogen-bond donors (Lipinski definition) is 1. The summed E-state index contributed by atoms with van der Waals surface area (Å²) < 4.78 is 35.6. The van der Waals surface area contributed by atoms with Crippen LogP contribution in [-0.2, 0) is 10.1 Å². The number of rotatable bonds is 4. The smallest absolute Gasteiger partial charge is 0.301 e. The fraction of sp³-hybridized carbons (Fsp3) is 0.143. The molecular weight excluding hydrogens is 268 g/mol. The molecule has 0 saturated heterocycles. The number of ether oxygens (including phenoxy) is 1. The zero-order valence-corrected chi connectivity index (χ0v) is 9.66. The predicted octanol–water partition coefficient (Wildman–Crippen LogP) is 1.79. The molecule has 0 bridgehead atoms. The van der Waals surface area contributed by atoms with E-state index in [0.29, 0.717) is 6.07 Å². The lowest BCUT2D eigenvalue weighted by Crippen LogP contribution is -2.03. The Balaban J connectivity index is 3.74. The average molecular weight is 274 g/mol. The van der Waals surface area contributed by atoms with Gasteiger partial charge in [0, 0.05) is 4.91 Å². The van der Waals surface area contributed by atoms with E-state index < -0.39 is 25.6 Å². The van der Waals surface area contributed by atoms with E-state index in [9.17, 15) is 18.5 Å². The molecule has 96 valence electrons. The molecule has 0 unspecified atom stereocenters. The molecule has 0 heterocycles. The number of benzene rings is 1. The molecule has 0 aliphatic heterocycles. The van der Waals surface area contributed by atoms with Crippen molar-refractivity contribution in [3.8, 4) is 5.75 Å². The van der Waals surface area contributed by atoms with Gasteiger partial charge in [0.15, 0.2) is 4.90 Å². The van der Waals surface area contributed by atoms with Crippen LogP contribution in [0.1, 0.15) is 0 Å². The molecule has 11 heteroatoms. The van der Waals surface area contributed by atoms with E-state index >= 15 is 0 Å². The van der Waals surface area contributed by atoms with Gasteiger partial charge < -0.3 is 4.74 Å². The molecule has 1 N–H and O–H groups in total. The second kappa shape index (κ2) is 4.87. The molecule has 0 aromatic heterocycles. The molecule has 1 rings (SSSR count). The Hall–Kier alpha value is -2.36. The zero-order chi connectivity index (χ0) is 13.9. The monoisotopic (exact) mass is 274 g/mol. The molecule has 10 nitrogen and oxygen atoms in total. The van der Waals surface area contributed by atoms with Crippen molar-refractivity contribution >= 4 is 21.5 Å². The Bertz CT molecular complexity index is 648. The van der Waals surface area contributed by atoms with E-state index in [0.717, 1.165) is 13.2 Å². The summed E-state index contributed by atoms with van der Waals surface area (Å²) in [6.07, 6.45) is 0. The molecule has 18 heavy (non-hydrogen) atoms. The van der Waals surface area contributed by atoms with Crippen molar-refractivity contribution in [3.63, 3.8) is 0 Å². The third-order valence-electron chi connectivity index (χ3n) is 1.89. The van der Waals surface area contributed by atoms with Crippen molar-refractivity contribution in [2.24, 2.45) is 5.11 Å². The molecule has 0 saturated carbocycles. The number of methoxy groups -OCH3 is 1. The summed E-state index contributed by atoms with van der Waals surface area (Å²) in [6, 6.07) is 1.40. The first kappa shape index (κ1) is 13.7. The number of hydrogen-bond acceptors (Lipinski definition) is 6. The van der Waals surface area contributed by atoms with Crippen molar-refractivity contribution in [1.29, 1.82) is 0 Å². The van der Waals surface area contributed by atoms with Gasteiger partial charge in [-0.3, -0.25) is 14.7 Å². The van der Waals surface area contributed by atoms with Crippen LogP contribution in [0, 0.1) is 10.1 Å². The van der Waals surface area contributed by atoms with Crippen LogP contribution >= 0.6 is 0 Å². The van der Waals surface area contributed by atoms with Crippen molar-refractivity contribution < 1.29 is 22.6 Å². The van der Waals surface area contributed by atoms with E-state index in [1.54, 1.807) is 0 Å². The zero-order valence-electron chi connectivity index (χ0n) is 8.84. The largest absolute Gasteiger partial charge is 0.496 e. The fourth-order valence-corrected chi connectivity index (χ4v) is 1.84. The van der Waals surface area contributed by atoms with Crippen LogP contribution in [0.3, 0.4) is 0 Å². The lowest BCUT2D eigenvalue weighted by Gasteiger charge is -2.06. The van der Waals surface area contributed by atoms with E-state index in [-0.39, 0.29) is 11.4 Å². The Morgan fingerprint density at radius 2 is 2.17 bits per heavy atom. The van der Waals surface area contributed by atoms with Crippen LogP contribution in [0.5, 0.6) is 5.75 Å². The first-order valence-electron chi connectivity index (χ1n) is 4.20. The molecule has 0 aliphatic rings. The van der Waals surface area contributed by atoms with Gasteiger partial charge >= 0.3 is 10.1 Å². The third-order valence-corrected chi connectivity index (χ3v) is 2.77. The van der Waals surface area contributed by atoms with Gasteiger partial charge in [-0.15, -0.1) is 0 Å². The van der Waals surface area contributed by atoms with Crippen LogP contribution in [-0.4, -0.2) is 25.0 Å². The minimum Gasteiger partial charge on any atom is -0.496 e. The molecule has 0 aliphatic carbocycles. The van der Waals surface area contributed by atoms with Crippen LogP contribution in [0.4, 0.5) is 11.4 Å². The minimum atomic E-state index is -4.82. The van der Waals surface area contributed by atoms with E-state index in [2.05, 4.69) is 10.0 Å². The number of azide groups is 1. The molecule has 0 fully saturated rings. The quantitative estimate of drug-likeness (QED) is 0.220. The average Bonchev–Trinajstić information content (AvgIpc) is 2.27. The number of nitrogens with zero attached hydrogens (tertiary/aromatic N) is 4. The summed E-state index contributed by atoms with van der Waals surface area (Å²) in [5.74, 6) is -0.188. The maximum absolute atomic E-state index is 11.0. The normalized spacial score (nSPS) is 10.6. The highest BCUT2D eigenvalue weighted by molar-refractivity contribution is 7.86. The highest BCUT2D eigenvalue weighted by atomic mass is 32.2. The summed E-state index contributed by atoms with van der Waals surface area (Å²) in [5.41, 5.74) is 7.09. The Labute approximate surface area is 100 Å². The number of nitro groups is 1. The molecule has 1 aromatic rings. The second-order valence-electron chi connectivity index (χ2n) is 2.91. The van der Waals surface area contributed by atoms with Gasteiger partial charge in [-0.2, -0.15) is 8.42 Å². The standard InChI is InChI=1S/C7H6N4O6S/c1-17-6-3-5(11(12)13)7(18(14,15)16)2-4(6)9-10-8/h2-3H,1H3,(H,14,15,16). The maximum Gasteiger partial charge on any atom is 0.301 e. The van der Waals surface area contributed by atoms with Crippen LogP contribution in [0.2, 0.25) is 0 Å². The first-order valence-corrected chi connectivity index (χ1v) is 5.64. The third kappa shape index (κ3) is 2.66. The molecule has 0 radical (unpaired) electrons. The van der Waals surface area contributed by atoms with Gasteiger partial charge in [-0.25, -0.2) is 0 Å². The van der Waals surface area contributed by atoms with Gasteiger partial charge in [0.05, 0.1) is 23.8 Å². The summed E-state index contributed by atoms with van der Waals surface area (Å²) in [5, 5.41) is 13.8. The summed E-state index contributed by atoms with van der Waals surface area (Å²) in [6.45, 7) is 0. The minimum absolute atomic E-state index is 0.188. The van der Waals surface area contributed by atoms with Crippen molar-refractivity contribution in [1.82, 2.24) is 0 Å². The van der Waals surface area contributed by atoms with Gasteiger partial charge in [0.25, 0.3) is 5.69 Å². The molecule has 0 spiro atoms. The predicted molar refractivity (Wildman–Crippen MR) is 58.3 cm³/mol. The Kier molecular flexibility index (Phi) is 3.71. The first-order chi connectivity index (χ1) is 8.31. The van der Waals surface area contributed by atoms with Crippen molar-refractivity contribution in [2.45, 2.75) is 4.90 Å². The maximum atomic E-state index is 11.0. The summed E-state index contributed by atoms with van der Waals surface area (Å²) >= 11 is 0. The van der Waals surface area contributed by atoms with E-state index in [1.165, 1.54) is 0 Å². The lowest BCUT2D eigenvalue weighted by atomic mass is 10.2. The molecule has 0 amide bonds. The lowest BCUT2D eigenvalue weighted by molar-refractivity contribution is -0.387. The van der Waals surface area contributed by atoms with E-state index in [4.69, 9.17) is 14.8 Å². The van der Waals surface area contributed by atoms with Gasteiger partial charge in [0.2, 0.25) is 0 Å². The Morgan fingerprint density at radius 3 is 2.56 bits per heavy atom. The van der Waals surface area contributed by atoms with Crippen LogP contribution in [0.25, 0.3) is 10.4 Å². The SMILES string of the molecule is COc1cc([N+](=O)[O-])c(S(=O)(=O)O)cc1N=[N+]=[N-]. The van der Waals surface area contributed by atoms with Crippen molar-refractivity contribution in [2.75, 3.05) is 7.11 Å². The van der Waals surface area contributed by atoms with Gasteiger partial charge in [0.1, 0.15) is 5.75 Å². The second-order valence-corrected chi connectivity index (χ2v) is 4.30. The fourth-order valence-electron chi connectivity index (χ4n) is 1.18. The van der Waals surface area contributed by atoms with Crippen LogP contribution < -0.4 is 4.74 Å². The van der Waals surface area contributed by atoms with Gasteiger partial charge in [-0.1, -0.05) is 5.11 Å².